The van der Waals surface area contributed by atoms with Crippen LogP contribution in [-0.4, -0.2) is 108 Å². The van der Waals surface area contributed by atoms with Gasteiger partial charge in [-0.2, -0.15) is 9.10 Å². The lowest BCUT2D eigenvalue weighted by molar-refractivity contribution is 0.0947. The summed E-state index contributed by atoms with van der Waals surface area (Å²) < 4.78 is 81.4. The van der Waals surface area contributed by atoms with Gasteiger partial charge in [0.25, 0.3) is 0 Å². The second kappa shape index (κ2) is 21.5. The number of carboxylic acid groups (broad SMARTS) is 1. The molecule has 0 spiro atoms. The summed E-state index contributed by atoms with van der Waals surface area (Å²) in [5.74, 6) is 1.60. The van der Waals surface area contributed by atoms with Crippen molar-refractivity contribution in [2.24, 2.45) is 0 Å². The molecule has 1 amide bonds. The van der Waals surface area contributed by atoms with Gasteiger partial charge in [-0.05, 0) is 87.6 Å². The number of nitrogens with two attached hydrogens (primary N) is 1. The first kappa shape index (κ1) is 48.5. The quantitative estimate of drug-likeness (QED) is 0.0716. The Bertz CT molecular complexity index is 2980. The van der Waals surface area contributed by atoms with Gasteiger partial charge in [-0.1, -0.05) is 72.8 Å². The van der Waals surface area contributed by atoms with Crippen LogP contribution in [0.25, 0.3) is 22.5 Å². The number of hydrogen-bond acceptors (Lipinski definition) is 14. The van der Waals surface area contributed by atoms with E-state index >= 15 is 8.42 Å². The summed E-state index contributed by atoms with van der Waals surface area (Å²) in [7, 11) is -5.40. The van der Waals surface area contributed by atoms with Gasteiger partial charge in [-0.25, -0.2) is 31.3 Å². The number of tetrazole rings is 1. The monoisotopic (exact) mass is 963 g/mol. The average Bonchev–Trinajstić information content (AvgIpc) is 3.82. The fraction of sp³-hybridized carbons (Fsp3) is 0.213. The van der Waals surface area contributed by atoms with Crippen LogP contribution < -0.4 is 24.7 Å². The van der Waals surface area contributed by atoms with E-state index in [1.165, 1.54) is 37.3 Å². The molecule has 0 aliphatic heterocycles. The Morgan fingerprint density at radius 2 is 1.29 bits per heavy atom. The number of sulfonamides is 2. The highest BCUT2D eigenvalue weighted by molar-refractivity contribution is 7.92. The van der Waals surface area contributed by atoms with E-state index in [9.17, 15) is 23.4 Å². The molecule has 0 saturated heterocycles. The largest absolute Gasteiger partial charge is 0.497 e. The van der Waals surface area contributed by atoms with E-state index in [1.54, 1.807) is 116 Å². The van der Waals surface area contributed by atoms with E-state index < -0.39 is 55.1 Å². The van der Waals surface area contributed by atoms with E-state index in [4.69, 9.17) is 19.9 Å². The molecule has 0 unspecified atom stereocenters. The summed E-state index contributed by atoms with van der Waals surface area (Å²) in [4.78, 5) is 17.5. The van der Waals surface area contributed by atoms with Crippen molar-refractivity contribution >= 4 is 32.0 Å². The minimum absolute atomic E-state index is 0.0874. The van der Waals surface area contributed by atoms with Gasteiger partial charge in [0, 0.05) is 37.9 Å². The predicted molar refractivity (Wildman–Crippen MR) is 251 cm³/mol. The van der Waals surface area contributed by atoms with Crippen LogP contribution in [0.1, 0.15) is 22.3 Å². The van der Waals surface area contributed by atoms with Gasteiger partial charge in [0.15, 0.2) is 0 Å². The van der Waals surface area contributed by atoms with Crippen molar-refractivity contribution in [3.8, 4) is 39.8 Å². The van der Waals surface area contributed by atoms with E-state index in [0.717, 1.165) is 20.8 Å². The fourth-order valence-electron chi connectivity index (χ4n) is 7.28. The number of nitrogen functional groups attached to an aromatic ring is 1. The van der Waals surface area contributed by atoms with Crippen molar-refractivity contribution in [3.05, 3.63) is 156 Å². The number of carbonyl (C=O) groups is 1. The molecule has 0 fully saturated rings. The average molecular weight is 964 g/mol. The van der Waals surface area contributed by atoms with Crippen molar-refractivity contribution < 1.29 is 46.1 Å². The van der Waals surface area contributed by atoms with Gasteiger partial charge < -0.3 is 30.2 Å². The normalized spacial score (nSPS) is 12.1. The third-order valence-electron chi connectivity index (χ3n) is 10.9. The van der Waals surface area contributed by atoms with Crippen LogP contribution in [0.15, 0.2) is 143 Å². The summed E-state index contributed by atoms with van der Waals surface area (Å²) in [5, 5.41) is 34.0. The van der Waals surface area contributed by atoms with Gasteiger partial charge in [0.2, 0.25) is 25.9 Å². The van der Waals surface area contributed by atoms with Crippen LogP contribution in [0.5, 0.6) is 17.2 Å². The molecule has 5 N–H and O–H groups in total. The molecule has 0 aliphatic rings. The first-order valence-electron chi connectivity index (χ1n) is 20.9. The Kier molecular flexibility index (Phi) is 15.3. The highest BCUT2D eigenvalue weighted by atomic mass is 32.2. The molecule has 0 radical (unpaired) electrons. The number of ether oxygens (including phenoxy) is 3. The van der Waals surface area contributed by atoms with Gasteiger partial charge >= 0.3 is 6.09 Å². The number of amides is 1. The molecule has 0 bridgehead atoms. The maximum Gasteiger partial charge on any atom is 0.407 e. The summed E-state index contributed by atoms with van der Waals surface area (Å²) >= 11 is 0. The van der Waals surface area contributed by atoms with Crippen LogP contribution in [-0.2, 0) is 46.2 Å². The number of aliphatic hydroxyl groups excluding tert-OH is 1. The number of anilines is 1. The Labute approximate surface area is 393 Å². The third-order valence-corrected chi connectivity index (χ3v) is 14.4. The Hall–Kier alpha value is -7.43. The zero-order valence-electron chi connectivity index (χ0n) is 37.2. The maximum absolute atomic E-state index is 16.0. The molecule has 2 aromatic heterocycles. The SMILES string of the molecule is COc1ccc(CN(Cc2ccc(OC)cc2)S(=O)(=O)c2c(S(=O)(=O)NC[C@H](CO)N(Cc3ccccc3)C(=O)O)ccc(-c3ccc(N)nc3)c2-c2nnn(Cc3ccc(OC)cc3)n2)cc1. The first-order chi connectivity index (χ1) is 32.7. The first-order valence-corrected chi connectivity index (χ1v) is 23.8. The lowest BCUT2D eigenvalue weighted by atomic mass is 10.0. The molecule has 7 rings (SSSR count). The van der Waals surface area contributed by atoms with Crippen molar-refractivity contribution in [1.82, 2.24) is 39.1 Å². The highest BCUT2D eigenvalue weighted by Crippen LogP contribution is 2.41. The maximum atomic E-state index is 16.0. The third kappa shape index (κ3) is 11.4. The molecule has 5 aromatic carbocycles. The number of benzene rings is 5. The number of rotatable bonds is 21. The molecule has 68 heavy (non-hydrogen) atoms. The Morgan fingerprint density at radius 3 is 1.81 bits per heavy atom. The van der Waals surface area contributed by atoms with E-state index in [1.807, 2.05) is 0 Å². The van der Waals surface area contributed by atoms with Crippen LogP contribution >= 0.6 is 0 Å². The summed E-state index contributed by atoms with van der Waals surface area (Å²) in [6.07, 6.45) is -0.0137. The molecule has 0 saturated carbocycles. The second-order valence-electron chi connectivity index (χ2n) is 15.3. The molecule has 2 heterocycles. The fourth-order valence-corrected chi connectivity index (χ4v) is 10.8. The minimum atomic E-state index is -5.01. The molecule has 19 nitrogen and oxygen atoms in total. The van der Waals surface area contributed by atoms with Crippen molar-refractivity contribution in [3.63, 3.8) is 0 Å². The molecule has 354 valence electrons. The number of nitrogens with zero attached hydrogens (tertiary/aromatic N) is 7. The zero-order chi connectivity index (χ0) is 48.4. The van der Waals surface area contributed by atoms with Gasteiger partial charge in [0.1, 0.15) is 32.9 Å². The van der Waals surface area contributed by atoms with Gasteiger partial charge in [-0.15, -0.1) is 10.2 Å². The number of hydrogen-bond donors (Lipinski definition) is 4. The van der Waals surface area contributed by atoms with Crippen LogP contribution in [0.3, 0.4) is 0 Å². The predicted octanol–water partition coefficient (Wildman–Crippen LogP) is 5.27. The zero-order valence-corrected chi connectivity index (χ0v) is 38.8. The Morgan fingerprint density at radius 1 is 0.735 bits per heavy atom. The number of nitrogens with one attached hydrogen (secondary N) is 1. The minimum Gasteiger partial charge on any atom is -0.497 e. The number of pyridine rings is 1. The Balaban J connectivity index is 1.43. The van der Waals surface area contributed by atoms with Crippen molar-refractivity contribution in [2.75, 3.05) is 40.2 Å². The van der Waals surface area contributed by atoms with Crippen molar-refractivity contribution in [2.45, 2.75) is 42.0 Å². The second-order valence-corrected chi connectivity index (χ2v) is 18.9. The highest BCUT2D eigenvalue weighted by Gasteiger charge is 2.38. The molecular formula is C47H49N9O10S2. The molecule has 7 aromatic rings. The summed E-state index contributed by atoms with van der Waals surface area (Å²) in [6.45, 7) is -2.02. The molecule has 21 heteroatoms. The molecular weight excluding hydrogens is 915 g/mol. The summed E-state index contributed by atoms with van der Waals surface area (Å²) in [5.41, 5.74) is 8.66. The lowest BCUT2D eigenvalue weighted by Crippen LogP contribution is -2.48. The number of aliphatic hydroxyl groups is 1. The van der Waals surface area contributed by atoms with Gasteiger partial charge in [0.05, 0.1) is 46.1 Å². The van der Waals surface area contributed by atoms with Crippen molar-refractivity contribution in [1.29, 1.82) is 0 Å². The summed E-state index contributed by atoms with van der Waals surface area (Å²) in [6, 6.07) is 33.5. The van der Waals surface area contributed by atoms with Crippen LogP contribution in [0, 0.1) is 0 Å². The van der Waals surface area contributed by atoms with E-state index in [-0.39, 0.29) is 48.9 Å². The topological polar surface area (TPSA) is 255 Å². The number of aromatic nitrogens is 5. The van der Waals surface area contributed by atoms with E-state index in [0.29, 0.717) is 39.5 Å². The van der Waals surface area contributed by atoms with E-state index in [2.05, 4.69) is 25.1 Å². The molecule has 0 aliphatic carbocycles. The van der Waals surface area contributed by atoms with Gasteiger partial charge in [-0.3, -0.25) is 4.90 Å². The van der Waals surface area contributed by atoms with Crippen LogP contribution in [0.4, 0.5) is 10.6 Å². The lowest BCUT2D eigenvalue weighted by Gasteiger charge is -2.29. The number of methoxy groups -OCH3 is 3. The van der Waals surface area contributed by atoms with Crippen LogP contribution in [0.2, 0.25) is 0 Å². The molecule has 1 atom stereocenters. The standard InChI is InChI=1S/C47H49N9O10S2/c1-64-38-16-9-33(10-17-38)27-54(28-34-11-18-39(65-2)19-12-34)68(62,63)45-42(67(60,61)50-26-37(31-57)55(47(58)59)29-32-7-5-4-6-8-32)23-22-41(36-15-24-43(48)49-25-36)44(45)46-51-53-56(52-46)30-35-13-20-40(66-3)21-14-35/h4-25,37,50,57H,26-31H2,1-3H3,(H2,48,49)(H,58,59)/t37-/m1/s1. The smallest absolute Gasteiger partial charge is 0.407 e.